The minimum absolute atomic E-state index is 0.0861. The summed E-state index contributed by atoms with van der Waals surface area (Å²) in [4.78, 5) is 6.47. The molecular formula is C12H22N4O2. The Morgan fingerprint density at radius 3 is 2.72 bits per heavy atom. The van der Waals surface area contributed by atoms with Gasteiger partial charge in [0.1, 0.15) is 0 Å². The average molecular weight is 254 g/mol. The smallest absolute Gasteiger partial charge is 0.266 e. The van der Waals surface area contributed by atoms with E-state index in [1.807, 2.05) is 0 Å². The van der Waals surface area contributed by atoms with Crippen molar-refractivity contribution >= 4 is 5.95 Å². The van der Waals surface area contributed by atoms with Crippen LogP contribution in [0.1, 0.15) is 26.2 Å². The number of hydrogen-bond acceptors (Lipinski definition) is 6. The molecule has 6 nitrogen and oxygen atoms in total. The number of hydrogen-bond donors (Lipinski definition) is 1. The molecule has 0 bridgehead atoms. The fourth-order valence-corrected chi connectivity index (χ4v) is 2.13. The molecule has 0 aliphatic carbocycles. The quantitative estimate of drug-likeness (QED) is 0.838. The lowest BCUT2D eigenvalue weighted by Crippen LogP contribution is -2.36. The minimum Gasteiger partial charge on any atom is -0.378 e. The van der Waals surface area contributed by atoms with Crippen molar-refractivity contribution in [1.29, 1.82) is 0 Å². The predicted molar refractivity (Wildman–Crippen MR) is 68.5 cm³/mol. The molecule has 0 radical (unpaired) electrons. The van der Waals surface area contributed by atoms with Crippen LogP contribution in [0.15, 0.2) is 4.52 Å². The van der Waals surface area contributed by atoms with Gasteiger partial charge in [-0.1, -0.05) is 13.8 Å². The number of aromatic nitrogens is 2. The van der Waals surface area contributed by atoms with E-state index in [2.05, 4.69) is 28.9 Å². The third-order valence-electron chi connectivity index (χ3n) is 2.96. The van der Waals surface area contributed by atoms with E-state index in [1.165, 1.54) is 0 Å². The monoisotopic (exact) mass is 254 g/mol. The first-order valence-corrected chi connectivity index (χ1v) is 6.56. The van der Waals surface area contributed by atoms with Crippen LogP contribution >= 0.6 is 0 Å². The van der Waals surface area contributed by atoms with Gasteiger partial charge in [-0.05, 0) is 17.5 Å². The molecule has 102 valence electrons. The standard InChI is InChI=1S/C12H22N4O2/c1-9(2)7-10(13)8-11-14-12(15-18-11)16-3-5-17-6-4-16/h9-10H,3-8,13H2,1-2H3. The van der Waals surface area contributed by atoms with Crippen LogP contribution in [-0.4, -0.2) is 42.5 Å². The highest BCUT2D eigenvalue weighted by atomic mass is 16.5. The number of ether oxygens (including phenoxy) is 1. The normalized spacial score (nSPS) is 18.3. The summed E-state index contributed by atoms with van der Waals surface area (Å²) in [5.41, 5.74) is 6.03. The number of nitrogens with zero attached hydrogens (tertiary/aromatic N) is 3. The van der Waals surface area contributed by atoms with Gasteiger partial charge in [0.25, 0.3) is 5.95 Å². The van der Waals surface area contributed by atoms with E-state index in [-0.39, 0.29) is 6.04 Å². The lowest BCUT2D eigenvalue weighted by molar-refractivity contribution is 0.121. The second kappa shape index (κ2) is 6.15. The molecule has 0 aromatic carbocycles. The minimum atomic E-state index is 0.0861. The first kappa shape index (κ1) is 13.3. The Labute approximate surface area is 107 Å². The van der Waals surface area contributed by atoms with Gasteiger partial charge in [-0.2, -0.15) is 4.98 Å². The van der Waals surface area contributed by atoms with E-state index < -0.39 is 0 Å². The molecule has 0 saturated carbocycles. The Balaban J connectivity index is 1.89. The molecule has 1 aliphatic rings. The summed E-state index contributed by atoms with van der Waals surface area (Å²) in [6.07, 6.45) is 1.62. The number of anilines is 1. The molecule has 1 saturated heterocycles. The van der Waals surface area contributed by atoms with Crippen LogP contribution in [0.4, 0.5) is 5.95 Å². The molecule has 2 rings (SSSR count). The van der Waals surface area contributed by atoms with Gasteiger partial charge in [-0.25, -0.2) is 0 Å². The van der Waals surface area contributed by atoms with Crippen LogP contribution in [0.25, 0.3) is 0 Å². The summed E-state index contributed by atoms with van der Waals surface area (Å²) in [6.45, 7) is 7.39. The topological polar surface area (TPSA) is 77.4 Å². The van der Waals surface area contributed by atoms with Crippen molar-refractivity contribution in [1.82, 2.24) is 10.1 Å². The zero-order chi connectivity index (χ0) is 13.0. The SMILES string of the molecule is CC(C)CC(N)Cc1nc(N2CCOCC2)no1. The van der Waals surface area contributed by atoms with Gasteiger partial charge >= 0.3 is 0 Å². The van der Waals surface area contributed by atoms with Gasteiger partial charge in [-0.3, -0.25) is 0 Å². The van der Waals surface area contributed by atoms with Crippen molar-refractivity contribution in [3.05, 3.63) is 5.89 Å². The van der Waals surface area contributed by atoms with E-state index in [0.717, 1.165) is 32.7 Å². The van der Waals surface area contributed by atoms with Crippen molar-refractivity contribution in [2.24, 2.45) is 11.7 Å². The summed E-state index contributed by atoms with van der Waals surface area (Å²) in [7, 11) is 0. The molecule has 6 heteroatoms. The van der Waals surface area contributed by atoms with Gasteiger partial charge in [0.05, 0.1) is 13.2 Å². The van der Waals surface area contributed by atoms with Crippen LogP contribution in [0, 0.1) is 5.92 Å². The first-order chi connectivity index (χ1) is 8.65. The summed E-state index contributed by atoms with van der Waals surface area (Å²) in [5, 5.41) is 4.00. The Morgan fingerprint density at radius 1 is 1.33 bits per heavy atom. The summed E-state index contributed by atoms with van der Waals surface area (Å²) in [6, 6.07) is 0.0861. The van der Waals surface area contributed by atoms with Crippen molar-refractivity contribution in [2.75, 3.05) is 31.2 Å². The van der Waals surface area contributed by atoms with Crippen molar-refractivity contribution in [3.8, 4) is 0 Å². The first-order valence-electron chi connectivity index (χ1n) is 6.56. The second-order valence-electron chi connectivity index (χ2n) is 5.18. The fourth-order valence-electron chi connectivity index (χ4n) is 2.13. The number of morpholine rings is 1. The zero-order valence-corrected chi connectivity index (χ0v) is 11.1. The Kier molecular flexibility index (Phi) is 4.54. The molecule has 2 heterocycles. The molecule has 1 atom stereocenters. The van der Waals surface area contributed by atoms with Crippen LogP contribution in [0.5, 0.6) is 0 Å². The number of nitrogens with two attached hydrogens (primary N) is 1. The molecule has 2 N–H and O–H groups in total. The molecule has 1 unspecified atom stereocenters. The molecule has 1 aromatic heterocycles. The van der Waals surface area contributed by atoms with Gasteiger partial charge in [0.15, 0.2) is 0 Å². The molecule has 18 heavy (non-hydrogen) atoms. The molecule has 0 amide bonds. The highest BCUT2D eigenvalue weighted by Crippen LogP contribution is 2.13. The van der Waals surface area contributed by atoms with Crippen LogP contribution < -0.4 is 10.6 Å². The summed E-state index contributed by atoms with van der Waals surface area (Å²) < 4.78 is 10.5. The lowest BCUT2D eigenvalue weighted by Gasteiger charge is -2.24. The summed E-state index contributed by atoms with van der Waals surface area (Å²) in [5.74, 6) is 1.87. The van der Waals surface area contributed by atoms with Crippen molar-refractivity contribution in [2.45, 2.75) is 32.7 Å². The van der Waals surface area contributed by atoms with E-state index >= 15 is 0 Å². The maximum Gasteiger partial charge on any atom is 0.266 e. The fraction of sp³-hybridized carbons (Fsp3) is 0.833. The highest BCUT2D eigenvalue weighted by Gasteiger charge is 2.18. The Bertz CT molecular complexity index is 361. The van der Waals surface area contributed by atoms with Crippen LogP contribution in [0.2, 0.25) is 0 Å². The van der Waals surface area contributed by atoms with Crippen LogP contribution in [0.3, 0.4) is 0 Å². The van der Waals surface area contributed by atoms with Gasteiger partial charge in [0, 0.05) is 25.6 Å². The molecule has 1 aromatic rings. The lowest BCUT2D eigenvalue weighted by atomic mass is 10.0. The van der Waals surface area contributed by atoms with E-state index in [0.29, 0.717) is 24.2 Å². The Morgan fingerprint density at radius 2 is 2.06 bits per heavy atom. The highest BCUT2D eigenvalue weighted by molar-refractivity contribution is 5.28. The molecule has 1 aliphatic heterocycles. The maximum atomic E-state index is 6.03. The van der Waals surface area contributed by atoms with Gasteiger partial charge in [-0.15, -0.1) is 0 Å². The molecule has 1 fully saturated rings. The van der Waals surface area contributed by atoms with Crippen molar-refractivity contribution in [3.63, 3.8) is 0 Å². The molecular weight excluding hydrogens is 232 g/mol. The average Bonchev–Trinajstić information content (AvgIpc) is 2.77. The zero-order valence-electron chi connectivity index (χ0n) is 11.1. The Hall–Kier alpha value is -1.14. The van der Waals surface area contributed by atoms with E-state index in [9.17, 15) is 0 Å². The van der Waals surface area contributed by atoms with Gasteiger partial charge < -0.3 is 19.9 Å². The third-order valence-corrected chi connectivity index (χ3v) is 2.96. The second-order valence-corrected chi connectivity index (χ2v) is 5.18. The largest absolute Gasteiger partial charge is 0.378 e. The maximum absolute atomic E-state index is 6.03. The van der Waals surface area contributed by atoms with Gasteiger partial charge in [0.2, 0.25) is 5.89 Å². The third kappa shape index (κ3) is 3.68. The number of rotatable bonds is 5. The van der Waals surface area contributed by atoms with Crippen LogP contribution in [-0.2, 0) is 11.2 Å². The van der Waals surface area contributed by atoms with E-state index in [1.54, 1.807) is 0 Å². The van der Waals surface area contributed by atoms with E-state index in [4.69, 9.17) is 15.0 Å². The summed E-state index contributed by atoms with van der Waals surface area (Å²) >= 11 is 0. The molecule has 0 spiro atoms. The van der Waals surface area contributed by atoms with Crippen molar-refractivity contribution < 1.29 is 9.26 Å². The predicted octanol–water partition coefficient (Wildman–Crippen LogP) is 0.822.